The summed E-state index contributed by atoms with van der Waals surface area (Å²) in [6.45, 7) is 6.09. The van der Waals surface area contributed by atoms with Gasteiger partial charge in [0.25, 0.3) is 0 Å². The first-order valence-electron chi connectivity index (χ1n) is 5.53. The van der Waals surface area contributed by atoms with Gasteiger partial charge in [0.05, 0.1) is 18.1 Å². The number of halogens is 1. The van der Waals surface area contributed by atoms with Gasteiger partial charge in [0.2, 0.25) is 5.95 Å². The molecule has 1 unspecified atom stereocenters. The van der Waals surface area contributed by atoms with Gasteiger partial charge in [-0.05, 0) is 20.8 Å². The van der Waals surface area contributed by atoms with E-state index in [-0.39, 0.29) is 23.8 Å². The van der Waals surface area contributed by atoms with Crippen molar-refractivity contribution in [2.24, 2.45) is 0 Å². The van der Waals surface area contributed by atoms with E-state index in [1.165, 1.54) is 0 Å². The Morgan fingerprint density at radius 1 is 1.53 bits per heavy atom. The lowest BCUT2D eigenvalue weighted by Gasteiger charge is -2.30. The standard InChI is InChI=1S/C11H16FN5/c1-6(2)17-7(3)14-5-9(17)10-8(12)4-15-11(13)16-10/h4-7,14H,1-3H3,(H2,13,15,16). The lowest BCUT2D eigenvalue weighted by atomic mass is 10.2. The van der Waals surface area contributed by atoms with Gasteiger partial charge in [-0.3, -0.25) is 0 Å². The monoisotopic (exact) mass is 237 g/mol. The molecule has 1 atom stereocenters. The number of aromatic nitrogens is 2. The summed E-state index contributed by atoms with van der Waals surface area (Å²) in [5.41, 5.74) is 6.44. The first-order chi connectivity index (χ1) is 8.00. The number of nitrogen functional groups attached to an aromatic ring is 1. The number of rotatable bonds is 2. The summed E-state index contributed by atoms with van der Waals surface area (Å²) in [7, 11) is 0. The molecule has 2 rings (SSSR count). The highest BCUT2D eigenvalue weighted by molar-refractivity contribution is 5.64. The average molecular weight is 237 g/mol. The van der Waals surface area contributed by atoms with Crippen molar-refractivity contribution in [3.63, 3.8) is 0 Å². The van der Waals surface area contributed by atoms with Crippen LogP contribution >= 0.6 is 0 Å². The van der Waals surface area contributed by atoms with Gasteiger partial charge in [0, 0.05) is 12.2 Å². The van der Waals surface area contributed by atoms with E-state index in [1.807, 2.05) is 25.7 Å². The third-order valence-electron chi connectivity index (χ3n) is 2.72. The molecule has 6 heteroatoms. The highest BCUT2D eigenvalue weighted by Crippen LogP contribution is 2.27. The predicted molar refractivity (Wildman–Crippen MR) is 64.0 cm³/mol. The van der Waals surface area contributed by atoms with Crippen molar-refractivity contribution < 1.29 is 4.39 Å². The second-order valence-electron chi connectivity index (χ2n) is 4.30. The Hall–Kier alpha value is -1.85. The predicted octanol–water partition coefficient (Wildman–Crippen LogP) is 1.16. The van der Waals surface area contributed by atoms with Crippen LogP contribution in [0, 0.1) is 5.82 Å². The summed E-state index contributed by atoms with van der Waals surface area (Å²) < 4.78 is 13.7. The van der Waals surface area contributed by atoms with Crippen LogP contribution in [-0.4, -0.2) is 27.1 Å². The molecular formula is C11H16FN5. The normalized spacial score (nSPS) is 19.5. The molecule has 2 heterocycles. The Morgan fingerprint density at radius 3 is 2.88 bits per heavy atom. The van der Waals surface area contributed by atoms with Crippen LogP contribution < -0.4 is 11.1 Å². The van der Waals surface area contributed by atoms with E-state index in [9.17, 15) is 4.39 Å². The fourth-order valence-electron chi connectivity index (χ4n) is 2.04. The van der Waals surface area contributed by atoms with E-state index in [1.54, 1.807) is 6.20 Å². The number of nitrogens with one attached hydrogen (secondary N) is 1. The summed E-state index contributed by atoms with van der Waals surface area (Å²) in [4.78, 5) is 9.64. The number of anilines is 1. The smallest absolute Gasteiger partial charge is 0.220 e. The van der Waals surface area contributed by atoms with Crippen LogP contribution in [-0.2, 0) is 0 Å². The first kappa shape index (κ1) is 11.6. The van der Waals surface area contributed by atoms with E-state index in [2.05, 4.69) is 15.3 Å². The number of nitrogens with zero attached hydrogens (tertiary/aromatic N) is 3. The zero-order valence-electron chi connectivity index (χ0n) is 10.1. The van der Waals surface area contributed by atoms with Crippen molar-refractivity contribution in [1.82, 2.24) is 20.2 Å². The molecule has 17 heavy (non-hydrogen) atoms. The van der Waals surface area contributed by atoms with Gasteiger partial charge in [-0.1, -0.05) is 0 Å². The number of hydrogen-bond acceptors (Lipinski definition) is 5. The van der Waals surface area contributed by atoms with Gasteiger partial charge in [0.1, 0.15) is 5.69 Å². The molecule has 0 bridgehead atoms. The largest absolute Gasteiger partial charge is 0.370 e. The second-order valence-corrected chi connectivity index (χ2v) is 4.30. The van der Waals surface area contributed by atoms with Gasteiger partial charge >= 0.3 is 0 Å². The summed E-state index contributed by atoms with van der Waals surface area (Å²) in [5, 5.41) is 3.14. The van der Waals surface area contributed by atoms with E-state index >= 15 is 0 Å². The molecule has 1 aromatic rings. The molecule has 0 radical (unpaired) electrons. The molecule has 92 valence electrons. The highest BCUT2D eigenvalue weighted by Gasteiger charge is 2.28. The highest BCUT2D eigenvalue weighted by atomic mass is 19.1. The van der Waals surface area contributed by atoms with Crippen molar-refractivity contribution in [1.29, 1.82) is 0 Å². The number of hydrogen-bond donors (Lipinski definition) is 2. The second kappa shape index (κ2) is 4.20. The van der Waals surface area contributed by atoms with Crippen LogP contribution in [0.25, 0.3) is 5.70 Å². The van der Waals surface area contributed by atoms with Crippen LogP contribution in [0.1, 0.15) is 26.5 Å². The molecule has 0 aliphatic carbocycles. The maximum Gasteiger partial charge on any atom is 0.220 e. The van der Waals surface area contributed by atoms with Gasteiger partial charge in [-0.15, -0.1) is 0 Å². The van der Waals surface area contributed by atoms with Crippen molar-refractivity contribution in [2.75, 3.05) is 5.73 Å². The number of nitrogens with two attached hydrogens (primary N) is 1. The Labute approximate surface area is 99.5 Å². The minimum atomic E-state index is -0.466. The Kier molecular flexibility index (Phi) is 2.87. The van der Waals surface area contributed by atoms with Crippen molar-refractivity contribution >= 4 is 11.6 Å². The Balaban J connectivity index is 2.43. The molecule has 0 saturated heterocycles. The van der Waals surface area contributed by atoms with Crippen molar-refractivity contribution in [3.05, 3.63) is 23.9 Å². The third kappa shape index (κ3) is 2.02. The fourth-order valence-corrected chi connectivity index (χ4v) is 2.04. The molecular weight excluding hydrogens is 221 g/mol. The quantitative estimate of drug-likeness (QED) is 0.807. The van der Waals surface area contributed by atoms with E-state index < -0.39 is 5.82 Å². The lowest BCUT2D eigenvalue weighted by Crippen LogP contribution is -2.38. The molecule has 0 fully saturated rings. The summed E-state index contributed by atoms with van der Waals surface area (Å²) in [6.07, 6.45) is 2.97. The van der Waals surface area contributed by atoms with Crippen LogP contribution in [0.15, 0.2) is 12.4 Å². The first-order valence-corrected chi connectivity index (χ1v) is 5.53. The van der Waals surface area contributed by atoms with Crippen molar-refractivity contribution in [3.8, 4) is 0 Å². The molecule has 3 N–H and O–H groups in total. The average Bonchev–Trinajstić information content (AvgIpc) is 2.64. The zero-order chi connectivity index (χ0) is 12.6. The minimum Gasteiger partial charge on any atom is -0.370 e. The Bertz CT molecular complexity index is 457. The van der Waals surface area contributed by atoms with Gasteiger partial charge in [-0.2, -0.15) is 0 Å². The van der Waals surface area contributed by atoms with Gasteiger partial charge < -0.3 is 16.0 Å². The molecule has 0 saturated carbocycles. The maximum absolute atomic E-state index is 13.7. The molecule has 0 amide bonds. The van der Waals surface area contributed by atoms with Gasteiger partial charge in [0.15, 0.2) is 5.82 Å². The maximum atomic E-state index is 13.7. The molecule has 0 spiro atoms. The van der Waals surface area contributed by atoms with E-state index in [0.717, 1.165) is 6.20 Å². The lowest BCUT2D eigenvalue weighted by molar-refractivity contribution is 0.259. The summed E-state index contributed by atoms with van der Waals surface area (Å²) in [6, 6.07) is 0.238. The Morgan fingerprint density at radius 2 is 2.24 bits per heavy atom. The zero-order valence-corrected chi connectivity index (χ0v) is 10.1. The molecule has 1 aliphatic rings. The molecule has 0 aromatic carbocycles. The van der Waals surface area contributed by atoms with Crippen LogP contribution in [0.3, 0.4) is 0 Å². The summed E-state index contributed by atoms with van der Waals surface area (Å²) in [5.74, 6) is -0.391. The van der Waals surface area contributed by atoms with E-state index in [4.69, 9.17) is 5.73 Å². The topological polar surface area (TPSA) is 67.1 Å². The summed E-state index contributed by atoms with van der Waals surface area (Å²) >= 11 is 0. The molecule has 5 nitrogen and oxygen atoms in total. The molecule has 1 aromatic heterocycles. The van der Waals surface area contributed by atoms with Crippen molar-refractivity contribution in [2.45, 2.75) is 33.0 Å². The van der Waals surface area contributed by atoms with Crippen LogP contribution in [0.4, 0.5) is 10.3 Å². The minimum absolute atomic E-state index is 0.0746. The SMILES string of the molecule is CC(C)N1C(c2nc(N)ncc2F)=CNC1C. The van der Waals surface area contributed by atoms with E-state index in [0.29, 0.717) is 5.70 Å². The molecule has 1 aliphatic heterocycles. The van der Waals surface area contributed by atoms with Crippen LogP contribution in [0.5, 0.6) is 0 Å². The third-order valence-corrected chi connectivity index (χ3v) is 2.72. The fraction of sp³-hybridized carbons (Fsp3) is 0.455. The van der Waals surface area contributed by atoms with Crippen LogP contribution in [0.2, 0.25) is 0 Å². The van der Waals surface area contributed by atoms with Gasteiger partial charge in [-0.25, -0.2) is 14.4 Å².